The maximum atomic E-state index is 6.30. The van der Waals surface area contributed by atoms with Crippen LogP contribution in [0.2, 0.25) is 10.0 Å². The molecule has 2 rings (SSSR count). The first-order valence-corrected chi connectivity index (χ1v) is 7.83. The Labute approximate surface area is 137 Å². The number of rotatable bonds is 3. The molecule has 1 nitrogen and oxygen atoms in total. The summed E-state index contributed by atoms with van der Waals surface area (Å²) in [7, 11) is 0. The standard InChI is InChI=1S/C18H21Cl2N/c1-18(2,3)14-9-7-12(8-10-14)16(21)11-13-5-4-6-15(19)17(13)20/h4-10,16H,11,21H2,1-3H3. The van der Waals surface area contributed by atoms with E-state index in [2.05, 4.69) is 45.0 Å². The molecule has 0 bridgehead atoms. The zero-order valence-electron chi connectivity index (χ0n) is 12.7. The van der Waals surface area contributed by atoms with Crippen molar-refractivity contribution in [1.29, 1.82) is 0 Å². The average molecular weight is 322 g/mol. The molecule has 2 aromatic carbocycles. The largest absolute Gasteiger partial charge is 0.324 e. The van der Waals surface area contributed by atoms with E-state index in [4.69, 9.17) is 28.9 Å². The fraction of sp³-hybridized carbons (Fsp3) is 0.333. The zero-order valence-corrected chi connectivity index (χ0v) is 14.2. The molecule has 0 aromatic heterocycles. The smallest absolute Gasteiger partial charge is 0.0624 e. The van der Waals surface area contributed by atoms with Gasteiger partial charge in [-0.3, -0.25) is 0 Å². The number of benzene rings is 2. The molecule has 3 heteroatoms. The summed E-state index contributed by atoms with van der Waals surface area (Å²) in [5, 5.41) is 1.17. The van der Waals surface area contributed by atoms with E-state index in [1.165, 1.54) is 5.56 Å². The van der Waals surface area contributed by atoms with Crippen molar-refractivity contribution in [2.45, 2.75) is 38.6 Å². The Kier molecular flexibility index (Phi) is 4.98. The van der Waals surface area contributed by atoms with Crippen molar-refractivity contribution in [3.05, 3.63) is 69.2 Å². The van der Waals surface area contributed by atoms with Gasteiger partial charge in [0.1, 0.15) is 0 Å². The Morgan fingerprint density at radius 2 is 1.62 bits per heavy atom. The van der Waals surface area contributed by atoms with Crippen LogP contribution in [0.5, 0.6) is 0 Å². The quantitative estimate of drug-likeness (QED) is 0.789. The molecule has 0 radical (unpaired) electrons. The van der Waals surface area contributed by atoms with E-state index in [9.17, 15) is 0 Å². The van der Waals surface area contributed by atoms with Gasteiger partial charge in [-0.05, 0) is 34.6 Å². The van der Waals surface area contributed by atoms with Crippen molar-refractivity contribution in [3.63, 3.8) is 0 Å². The van der Waals surface area contributed by atoms with Crippen LogP contribution in [0, 0.1) is 0 Å². The van der Waals surface area contributed by atoms with Crippen molar-refractivity contribution in [3.8, 4) is 0 Å². The summed E-state index contributed by atoms with van der Waals surface area (Å²) < 4.78 is 0. The molecule has 0 saturated heterocycles. The molecule has 0 fully saturated rings. The summed E-state index contributed by atoms with van der Waals surface area (Å²) in [5.41, 5.74) is 9.85. The summed E-state index contributed by atoms with van der Waals surface area (Å²) in [4.78, 5) is 0. The van der Waals surface area contributed by atoms with Gasteiger partial charge >= 0.3 is 0 Å². The van der Waals surface area contributed by atoms with E-state index in [1.807, 2.05) is 12.1 Å². The van der Waals surface area contributed by atoms with E-state index >= 15 is 0 Å². The SMILES string of the molecule is CC(C)(C)c1ccc(C(N)Cc2cccc(Cl)c2Cl)cc1. The van der Waals surface area contributed by atoms with Gasteiger partial charge in [0.2, 0.25) is 0 Å². The van der Waals surface area contributed by atoms with Crippen molar-refractivity contribution >= 4 is 23.2 Å². The second-order valence-electron chi connectivity index (χ2n) is 6.40. The number of hydrogen-bond acceptors (Lipinski definition) is 1. The Balaban J connectivity index is 2.17. The van der Waals surface area contributed by atoms with Gasteiger partial charge in [0, 0.05) is 6.04 Å². The fourth-order valence-corrected chi connectivity index (χ4v) is 2.69. The predicted octanol–water partition coefficient (Wildman–Crippen LogP) is 5.53. The highest BCUT2D eigenvalue weighted by Gasteiger charge is 2.15. The topological polar surface area (TPSA) is 26.0 Å². The van der Waals surface area contributed by atoms with Crippen molar-refractivity contribution in [2.75, 3.05) is 0 Å². The second-order valence-corrected chi connectivity index (χ2v) is 7.18. The lowest BCUT2D eigenvalue weighted by molar-refractivity contribution is 0.589. The van der Waals surface area contributed by atoms with Crippen LogP contribution in [-0.4, -0.2) is 0 Å². The number of hydrogen-bond donors (Lipinski definition) is 1. The maximum Gasteiger partial charge on any atom is 0.0624 e. The van der Waals surface area contributed by atoms with E-state index in [0.29, 0.717) is 16.5 Å². The summed E-state index contributed by atoms with van der Waals surface area (Å²) in [6.45, 7) is 6.61. The lowest BCUT2D eigenvalue weighted by atomic mass is 9.86. The highest BCUT2D eigenvalue weighted by molar-refractivity contribution is 6.42. The first kappa shape index (κ1) is 16.4. The minimum atomic E-state index is -0.0880. The van der Waals surface area contributed by atoms with Gasteiger partial charge in [-0.15, -0.1) is 0 Å². The molecule has 2 N–H and O–H groups in total. The van der Waals surface area contributed by atoms with Gasteiger partial charge < -0.3 is 5.73 Å². The molecule has 0 spiro atoms. The van der Waals surface area contributed by atoms with Gasteiger partial charge in [0.15, 0.2) is 0 Å². The summed E-state index contributed by atoms with van der Waals surface area (Å²) in [6, 6.07) is 14.1. The van der Waals surface area contributed by atoms with Gasteiger partial charge in [0.25, 0.3) is 0 Å². The third-order valence-electron chi connectivity index (χ3n) is 3.68. The first-order chi connectivity index (χ1) is 9.79. The first-order valence-electron chi connectivity index (χ1n) is 7.08. The van der Waals surface area contributed by atoms with Gasteiger partial charge in [-0.2, -0.15) is 0 Å². The molecule has 2 aromatic rings. The van der Waals surface area contributed by atoms with E-state index in [-0.39, 0.29) is 11.5 Å². The third-order valence-corrected chi connectivity index (χ3v) is 4.53. The van der Waals surface area contributed by atoms with E-state index in [1.54, 1.807) is 6.07 Å². The molecule has 0 saturated carbocycles. The molecule has 0 heterocycles. The van der Waals surface area contributed by atoms with Crippen LogP contribution in [0.25, 0.3) is 0 Å². The molecule has 1 unspecified atom stereocenters. The molecular weight excluding hydrogens is 301 g/mol. The van der Waals surface area contributed by atoms with Crippen molar-refractivity contribution < 1.29 is 0 Å². The van der Waals surface area contributed by atoms with Crippen molar-refractivity contribution in [2.24, 2.45) is 5.73 Å². The van der Waals surface area contributed by atoms with E-state index in [0.717, 1.165) is 11.1 Å². The Bertz CT molecular complexity index is 612. The highest BCUT2D eigenvalue weighted by atomic mass is 35.5. The average Bonchev–Trinajstić information content (AvgIpc) is 2.43. The predicted molar refractivity (Wildman–Crippen MR) is 92.2 cm³/mol. The van der Waals surface area contributed by atoms with Gasteiger partial charge in [-0.25, -0.2) is 0 Å². The van der Waals surface area contributed by atoms with Crippen LogP contribution in [0.15, 0.2) is 42.5 Å². The van der Waals surface area contributed by atoms with Crippen LogP contribution >= 0.6 is 23.2 Å². The van der Waals surface area contributed by atoms with Crippen LogP contribution in [0.3, 0.4) is 0 Å². The normalized spacial score (nSPS) is 13.2. The van der Waals surface area contributed by atoms with Crippen molar-refractivity contribution in [1.82, 2.24) is 0 Å². The van der Waals surface area contributed by atoms with Gasteiger partial charge in [-0.1, -0.05) is 80.4 Å². The molecule has 112 valence electrons. The molecule has 0 aliphatic carbocycles. The minimum absolute atomic E-state index is 0.0880. The Morgan fingerprint density at radius 3 is 2.19 bits per heavy atom. The molecule has 0 amide bonds. The monoisotopic (exact) mass is 321 g/mol. The molecule has 21 heavy (non-hydrogen) atoms. The number of nitrogens with two attached hydrogens (primary N) is 1. The second kappa shape index (κ2) is 6.39. The molecule has 1 atom stereocenters. The van der Waals surface area contributed by atoms with Crippen LogP contribution in [-0.2, 0) is 11.8 Å². The fourth-order valence-electron chi connectivity index (χ4n) is 2.29. The minimum Gasteiger partial charge on any atom is -0.324 e. The zero-order chi connectivity index (χ0) is 15.6. The summed E-state index contributed by atoms with van der Waals surface area (Å²) in [6.07, 6.45) is 0.675. The maximum absolute atomic E-state index is 6.30. The van der Waals surface area contributed by atoms with Crippen LogP contribution in [0.1, 0.15) is 43.5 Å². The summed E-state index contributed by atoms with van der Waals surface area (Å²) in [5.74, 6) is 0. The lowest BCUT2D eigenvalue weighted by Gasteiger charge is -2.20. The molecular formula is C18H21Cl2N. The highest BCUT2D eigenvalue weighted by Crippen LogP contribution is 2.29. The molecule has 0 aliphatic rings. The third kappa shape index (κ3) is 4.00. The lowest BCUT2D eigenvalue weighted by Crippen LogP contribution is -2.15. The summed E-state index contributed by atoms with van der Waals surface area (Å²) >= 11 is 12.3. The Morgan fingerprint density at radius 1 is 1.00 bits per heavy atom. The van der Waals surface area contributed by atoms with Gasteiger partial charge in [0.05, 0.1) is 10.0 Å². The number of halogens is 2. The Hall–Kier alpha value is -1.02. The van der Waals surface area contributed by atoms with Crippen LogP contribution < -0.4 is 5.73 Å². The molecule has 0 aliphatic heterocycles. The van der Waals surface area contributed by atoms with E-state index < -0.39 is 0 Å². The van der Waals surface area contributed by atoms with Crippen LogP contribution in [0.4, 0.5) is 0 Å².